The molecule has 0 aliphatic heterocycles. The number of aromatic nitrogens is 1. The molecular formula is C20H19N3O3S. The van der Waals surface area contributed by atoms with Gasteiger partial charge in [-0.2, -0.15) is 0 Å². The predicted molar refractivity (Wildman–Crippen MR) is 106 cm³/mol. The molecule has 27 heavy (non-hydrogen) atoms. The number of anilines is 1. The van der Waals surface area contributed by atoms with E-state index in [4.69, 9.17) is 11.5 Å². The van der Waals surface area contributed by atoms with Gasteiger partial charge < -0.3 is 11.5 Å². The van der Waals surface area contributed by atoms with E-state index in [2.05, 4.69) is 0 Å². The number of nitrogen functional groups attached to an aromatic ring is 1. The van der Waals surface area contributed by atoms with Crippen LogP contribution < -0.4 is 11.5 Å². The van der Waals surface area contributed by atoms with Gasteiger partial charge in [0.15, 0.2) is 0 Å². The molecule has 7 heteroatoms. The lowest BCUT2D eigenvalue weighted by molar-refractivity contribution is -0.113. The van der Waals surface area contributed by atoms with Crippen LogP contribution in [0.2, 0.25) is 0 Å². The predicted octanol–water partition coefficient (Wildman–Crippen LogP) is 2.78. The summed E-state index contributed by atoms with van der Waals surface area (Å²) in [6.07, 6.45) is 5.48. The fourth-order valence-corrected chi connectivity index (χ4v) is 4.15. The summed E-state index contributed by atoms with van der Waals surface area (Å²) < 4.78 is 27.5. The minimum absolute atomic E-state index is 0.145. The van der Waals surface area contributed by atoms with Gasteiger partial charge in [-0.1, -0.05) is 29.8 Å². The van der Waals surface area contributed by atoms with Crippen LogP contribution in [0.25, 0.3) is 17.2 Å². The van der Waals surface area contributed by atoms with E-state index >= 15 is 0 Å². The maximum atomic E-state index is 13.2. The highest BCUT2D eigenvalue weighted by Gasteiger charge is 2.22. The Labute approximate surface area is 157 Å². The zero-order valence-electron chi connectivity index (χ0n) is 14.7. The van der Waals surface area contributed by atoms with Gasteiger partial charge in [-0.15, -0.1) is 0 Å². The number of para-hydroxylation sites is 1. The van der Waals surface area contributed by atoms with Crippen molar-refractivity contribution in [1.82, 2.24) is 3.97 Å². The van der Waals surface area contributed by atoms with Gasteiger partial charge >= 0.3 is 0 Å². The van der Waals surface area contributed by atoms with Crippen LogP contribution in [-0.4, -0.2) is 18.3 Å². The first-order chi connectivity index (χ1) is 12.8. The van der Waals surface area contributed by atoms with Gasteiger partial charge in [-0.25, -0.2) is 12.4 Å². The number of aryl methyl sites for hydroxylation is 1. The van der Waals surface area contributed by atoms with E-state index in [0.29, 0.717) is 22.4 Å². The monoisotopic (exact) mass is 381 g/mol. The van der Waals surface area contributed by atoms with Crippen molar-refractivity contribution in [3.63, 3.8) is 0 Å². The van der Waals surface area contributed by atoms with Crippen LogP contribution in [-0.2, 0) is 14.8 Å². The number of hydrogen-bond acceptors (Lipinski definition) is 4. The lowest BCUT2D eigenvalue weighted by atomic mass is 10.0. The lowest BCUT2D eigenvalue weighted by Gasteiger charge is -2.14. The summed E-state index contributed by atoms with van der Waals surface area (Å²) in [5, 5.41) is 0. The third-order valence-electron chi connectivity index (χ3n) is 4.07. The van der Waals surface area contributed by atoms with E-state index in [1.54, 1.807) is 42.5 Å². The summed E-state index contributed by atoms with van der Waals surface area (Å²) in [7, 11) is -3.86. The highest BCUT2D eigenvalue weighted by Crippen LogP contribution is 2.33. The number of benzene rings is 2. The average Bonchev–Trinajstić information content (AvgIpc) is 3.10. The summed E-state index contributed by atoms with van der Waals surface area (Å²) in [6, 6.07) is 13.8. The molecule has 3 aromatic rings. The topological polar surface area (TPSA) is 108 Å². The number of carbonyl (C=O) groups is 1. The maximum absolute atomic E-state index is 13.2. The quantitative estimate of drug-likeness (QED) is 0.523. The summed E-state index contributed by atoms with van der Waals surface area (Å²) >= 11 is 0. The van der Waals surface area contributed by atoms with Gasteiger partial charge in [-0.05, 0) is 42.8 Å². The second-order valence-electron chi connectivity index (χ2n) is 6.10. The van der Waals surface area contributed by atoms with Crippen molar-refractivity contribution in [2.75, 3.05) is 5.73 Å². The lowest BCUT2D eigenvalue weighted by Crippen LogP contribution is -2.12. The van der Waals surface area contributed by atoms with Crippen molar-refractivity contribution in [1.29, 1.82) is 0 Å². The molecule has 0 aliphatic carbocycles. The molecule has 0 atom stereocenters. The number of rotatable bonds is 5. The van der Waals surface area contributed by atoms with Crippen LogP contribution in [0.5, 0.6) is 0 Å². The van der Waals surface area contributed by atoms with Crippen molar-refractivity contribution < 1.29 is 13.2 Å². The van der Waals surface area contributed by atoms with Gasteiger partial charge in [-0.3, -0.25) is 4.79 Å². The minimum atomic E-state index is -3.86. The molecule has 1 heterocycles. The molecule has 3 rings (SSSR count). The third-order valence-corrected chi connectivity index (χ3v) is 5.77. The molecule has 1 amide bonds. The highest BCUT2D eigenvalue weighted by atomic mass is 32.2. The fourth-order valence-electron chi connectivity index (χ4n) is 2.75. The SMILES string of the molecule is Cc1ccc(S(=O)(=O)n2ccc(/C=C/C(N)=O)c2)c(-c2ccccc2N)c1. The zero-order chi connectivity index (χ0) is 19.6. The standard InChI is InChI=1S/C20H19N3O3S/c1-14-6-8-19(17(12-14)16-4-2-3-5-18(16)21)27(25,26)23-11-10-15(13-23)7-9-20(22)24/h2-13H,21H2,1H3,(H2,22,24)/b9-7+. The number of nitrogens with two attached hydrogens (primary N) is 2. The van der Waals surface area contributed by atoms with Crippen LogP contribution in [0.3, 0.4) is 0 Å². The maximum Gasteiger partial charge on any atom is 0.268 e. The molecule has 0 aliphatic rings. The van der Waals surface area contributed by atoms with E-state index in [0.717, 1.165) is 9.54 Å². The van der Waals surface area contributed by atoms with Crippen LogP contribution in [0.15, 0.2) is 71.9 Å². The Kier molecular flexibility index (Phi) is 4.87. The molecule has 6 nitrogen and oxygen atoms in total. The van der Waals surface area contributed by atoms with E-state index < -0.39 is 15.9 Å². The smallest absolute Gasteiger partial charge is 0.268 e. The third kappa shape index (κ3) is 3.78. The minimum Gasteiger partial charge on any atom is -0.398 e. The molecule has 0 saturated heterocycles. The van der Waals surface area contributed by atoms with Crippen molar-refractivity contribution in [2.45, 2.75) is 11.8 Å². The molecule has 0 spiro atoms. The second kappa shape index (κ2) is 7.13. The molecule has 4 N–H and O–H groups in total. The number of nitrogens with zero attached hydrogens (tertiary/aromatic N) is 1. The van der Waals surface area contributed by atoms with E-state index in [1.165, 1.54) is 24.5 Å². The van der Waals surface area contributed by atoms with Crippen LogP contribution >= 0.6 is 0 Å². The fraction of sp³-hybridized carbons (Fsp3) is 0.0500. The Morgan fingerprint density at radius 2 is 1.81 bits per heavy atom. The summed E-state index contributed by atoms with van der Waals surface area (Å²) in [6.45, 7) is 1.89. The summed E-state index contributed by atoms with van der Waals surface area (Å²) in [5.41, 5.74) is 14.3. The molecule has 2 aromatic carbocycles. The van der Waals surface area contributed by atoms with Crippen molar-refractivity contribution in [3.05, 3.63) is 78.1 Å². The molecule has 0 fully saturated rings. The van der Waals surface area contributed by atoms with Gasteiger partial charge in [0.05, 0.1) is 4.90 Å². The Bertz CT molecular complexity index is 1140. The first-order valence-corrected chi connectivity index (χ1v) is 9.59. The Morgan fingerprint density at radius 1 is 1.07 bits per heavy atom. The van der Waals surface area contributed by atoms with Crippen LogP contribution in [0.4, 0.5) is 5.69 Å². The normalized spacial score (nSPS) is 11.7. The Balaban J connectivity index is 2.14. The molecule has 138 valence electrons. The molecule has 0 saturated carbocycles. The number of amides is 1. The molecule has 1 aromatic heterocycles. The van der Waals surface area contributed by atoms with Crippen LogP contribution in [0.1, 0.15) is 11.1 Å². The van der Waals surface area contributed by atoms with E-state index in [1.807, 2.05) is 13.0 Å². The largest absolute Gasteiger partial charge is 0.398 e. The zero-order valence-corrected chi connectivity index (χ0v) is 15.5. The van der Waals surface area contributed by atoms with Crippen molar-refractivity contribution >= 4 is 27.7 Å². The Hall–Kier alpha value is -3.32. The van der Waals surface area contributed by atoms with Crippen LogP contribution in [0, 0.1) is 6.92 Å². The first kappa shape index (κ1) is 18.5. The summed E-state index contributed by atoms with van der Waals surface area (Å²) in [4.78, 5) is 11.0. The van der Waals surface area contributed by atoms with Gasteiger partial charge in [0.2, 0.25) is 5.91 Å². The van der Waals surface area contributed by atoms with E-state index in [-0.39, 0.29) is 4.90 Å². The molecule has 0 unspecified atom stereocenters. The number of hydrogen-bond donors (Lipinski definition) is 2. The van der Waals surface area contributed by atoms with Gasteiger partial charge in [0.1, 0.15) is 0 Å². The number of primary amides is 1. The van der Waals surface area contributed by atoms with Crippen molar-refractivity contribution in [2.24, 2.45) is 5.73 Å². The molecule has 0 bridgehead atoms. The van der Waals surface area contributed by atoms with E-state index in [9.17, 15) is 13.2 Å². The van der Waals surface area contributed by atoms with Gasteiger partial charge in [0.25, 0.3) is 10.0 Å². The molecular weight excluding hydrogens is 362 g/mol. The van der Waals surface area contributed by atoms with Crippen molar-refractivity contribution in [3.8, 4) is 11.1 Å². The Morgan fingerprint density at radius 3 is 2.52 bits per heavy atom. The second-order valence-corrected chi connectivity index (χ2v) is 7.91. The number of carbonyl (C=O) groups excluding carboxylic acids is 1. The summed E-state index contributed by atoms with van der Waals surface area (Å²) in [5.74, 6) is -0.606. The molecule has 0 radical (unpaired) electrons. The first-order valence-electron chi connectivity index (χ1n) is 8.15. The average molecular weight is 381 g/mol. The van der Waals surface area contributed by atoms with Gasteiger partial charge in [0, 0.05) is 35.3 Å². The highest BCUT2D eigenvalue weighted by molar-refractivity contribution is 7.90.